The fourth-order valence-electron chi connectivity index (χ4n) is 2.95. The molecule has 4 nitrogen and oxygen atoms in total. The maximum Gasteiger partial charge on any atom is 0.219 e. The molecular formula is C19H23N3O. The first-order valence-corrected chi connectivity index (χ1v) is 8.11. The van der Waals surface area contributed by atoms with Crippen molar-refractivity contribution in [1.29, 1.82) is 0 Å². The molecule has 0 spiro atoms. The Labute approximate surface area is 137 Å². The van der Waals surface area contributed by atoms with Crippen molar-refractivity contribution in [2.45, 2.75) is 20.4 Å². The number of aryl methyl sites for hydroxylation is 1. The van der Waals surface area contributed by atoms with Crippen molar-refractivity contribution in [3.05, 3.63) is 53.7 Å². The summed E-state index contributed by atoms with van der Waals surface area (Å²) >= 11 is 0. The van der Waals surface area contributed by atoms with Crippen LogP contribution in [0.5, 0.6) is 0 Å². The number of piperazine rings is 1. The summed E-state index contributed by atoms with van der Waals surface area (Å²) in [6, 6.07) is 12.7. The van der Waals surface area contributed by atoms with Crippen molar-refractivity contribution >= 4 is 5.91 Å². The first-order valence-electron chi connectivity index (χ1n) is 8.11. The third kappa shape index (κ3) is 3.96. The van der Waals surface area contributed by atoms with E-state index in [0.29, 0.717) is 0 Å². The zero-order chi connectivity index (χ0) is 16.2. The summed E-state index contributed by atoms with van der Waals surface area (Å²) in [5, 5.41) is 0. The SMILES string of the molecule is CC(=O)N1CCN(Cc2cccc(-c3ccc(C)cn3)c2)CC1. The van der Waals surface area contributed by atoms with Gasteiger partial charge in [-0.05, 0) is 30.2 Å². The van der Waals surface area contributed by atoms with Gasteiger partial charge in [0.2, 0.25) is 5.91 Å². The molecule has 1 fully saturated rings. The van der Waals surface area contributed by atoms with E-state index in [4.69, 9.17) is 0 Å². The highest BCUT2D eigenvalue weighted by atomic mass is 16.2. The van der Waals surface area contributed by atoms with E-state index in [0.717, 1.165) is 44.0 Å². The molecular weight excluding hydrogens is 286 g/mol. The molecule has 0 N–H and O–H groups in total. The number of rotatable bonds is 3. The number of nitrogens with zero attached hydrogens (tertiary/aromatic N) is 3. The minimum atomic E-state index is 0.178. The number of benzene rings is 1. The van der Waals surface area contributed by atoms with Gasteiger partial charge in [-0.3, -0.25) is 14.7 Å². The minimum Gasteiger partial charge on any atom is -0.340 e. The van der Waals surface area contributed by atoms with Crippen LogP contribution in [0.3, 0.4) is 0 Å². The molecule has 2 aromatic rings. The minimum absolute atomic E-state index is 0.178. The zero-order valence-electron chi connectivity index (χ0n) is 13.8. The maximum atomic E-state index is 11.4. The lowest BCUT2D eigenvalue weighted by molar-refractivity contribution is -0.130. The predicted molar refractivity (Wildman–Crippen MR) is 91.9 cm³/mol. The molecule has 4 heteroatoms. The molecule has 23 heavy (non-hydrogen) atoms. The standard InChI is InChI=1S/C19H23N3O/c1-15-6-7-19(20-13-15)18-5-3-4-17(12-18)14-21-8-10-22(11-9-21)16(2)23/h3-7,12-13H,8-11,14H2,1-2H3. The van der Waals surface area contributed by atoms with Gasteiger partial charge in [0.15, 0.2) is 0 Å². The van der Waals surface area contributed by atoms with Gasteiger partial charge < -0.3 is 4.90 Å². The third-order valence-electron chi connectivity index (χ3n) is 4.36. The zero-order valence-corrected chi connectivity index (χ0v) is 13.8. The smallest absolute Gasteiger partial charge is 0.219 e. The largest absolute Gasteiger partial charge is 0.340 e. The van der Waals surface area contributed by atoms with E-state index in [1.54, 1.807) is 6.92 Å². The first kappa shape index (κ1) is 15.7. The fraction of sp³-hybridized carbons (Fsp3) is 0.368. The van der Waals surface area contributed by atoms with Crippen LogP contribution < -0.4 is 0 Å². The van der Waals surface area contributed by atoms with E-state index >= 15 is 0 Å². The Morgan fingerprint density at radius 3 is 2.57 bits per heavy atom. The fourth-order valence-corrected chi connectivity index (χ4v) is 2.95. The average Bonchev–Trinajstić information content (AvgIpc) is 2.56. The van der Waals surface area contributed by atoms with Crippen molar-refractivity contribution < 1.29 is 4.79 Å². The van der Waals surface area contributed by atoms with Gasteiger partial charge >= 0.3 is 0 Å². The normalized spacial score (nSPS) is 15.7. The second-order valence-electron chi connectivity index (χ2n) is 6.20. The number of aromatic nitrogens is 1. The van der Waals surface area contributed by atoms with Crippen LogP contribution in [0.15, 0.2) is 42.6 Å². The molecule has 1 aromatic carbocycles. The van der Waals surface area contributed by atoms with E-state index in [2.05, 4.69) is 46.3 Å². The Morgan fingerprint density at radius 2 is 1.91 bits per heavy atom. The quantitative estimate of drug-likeness (QED) is 0.875. The van der Waals surface area contributed by atoms with Gasteiger partial charge in [-0.25, -0.2) is 0 Å². The molecule has 1 saturated heterocycles. The molecule has 1 aliphatic rings. The number of carbonyl (C=O) groups is 1. The number of carbonyl (C=O) groups excluding carboxylic acids is 1. The molecule has 0 saturated carbocycles. The Hall–Kier alpha value is -2.20. The average molecular weight is 309 g/mol. The lowest BCUT2D eigenvalue weighted by Gasteiger charge is -2.34. The number of amides is 1. The van der Waals surface area contributed by atoms with Crippen LogP contribution >= 0.6 is 0 Å². The highest BCUT2D eigenvalue weighted by Gasteiger charge is 2.18. The van der Waals surface area contributed by atoms with Crippen molar-refractivity contribution in [3.63, 3.8) is 0 Å². The first-order chi connectivity index (χ1) is 11.1. The number of hydrogen-bond donors (Lipinski definition) is 0. The van der Waals surface area contributed by atoms with Crippen molar-refractivity contribution in [1.82, 2.24) is 14.8 Å². The van der Waals surface area contributed by atoms with Gasteiger partial charge in [0, 0.05) is 51.4 Å². The third-order valence-corrected chi connectivity index (χ3v) is 4.36. The molecule has 0 bridgehead atoms. The maximum absolute atomic E-state index is 11.4. The van der Waals surface area contributed by atoms with E-state index in [9.17, 15) is 4.79 Å². The predicted octanol–water partition coefficient (Wildman–Crippen LogP) is 2.72. The summed E-state index contributed by atoms with van der Waals surface area (Å²) in [7, 11) is 0. The Morgan fingerprint density at radius 1 is 1.13 bits per heavy atom. The highest BCUT2D eigenvalue weighted by Crippen LogP contribution is 2.19. The van der Waals surface area contributed by atoms with Crippen LogP contribution in [0, 0.1) is 6.92 Å². The van der Waals surface area contributed by atoms with Crippen LogP contribution in [-0.2, 0) is 11.3 Å². The van der Waals surface area contributed by atoms with Crippen LogP contribution in [0.2, 0.25) is 0 Å². The Kier molecular flexibility index (Phi) is 4.72. The second-order valence-corrected chi connectivity index (χ2v) is 6.20. The van der Waals surface area contributed by atoms with Gasteiger partial charge in [-0.15, -0.1) is 0 Å². The topological polar surface area (TPSA) is 36.4 Å². The lowest BCUT2D eigenvalue weighted by atomic mass is 10.1. The van der Waals surface area contributed by atoms with E-state index < -0.39 is 0 Å². The molecule has 0 unspecified atom stereocenters. The lowest BCUT2D eigenvalue weighted by Crippen LogP contribution is -2.47. The van der Waals surface area contributed by atoms with E-state index in [1.807, 2.05) is 18.0 Å². The van der Waals surface area contributed by atoms with Crippen molar-refractivity contribution in [3.8, 4) is 11.3 Å². The summed E-state index contributed by atoms with van der Waals surface area (Å²) in [5.41, 5.74) is 4.64. The van der Waals surface area contributed by atoms with Crippen LogP contribution in [0.1, 0.15) is 18.1 Å². The molecule has 0 atom stereocenters. The summed E-state index contributed by atoms with van der Waals surface area (Å²) in [6.45, 7) is 8.15. The van der Waals surface area contributed by atoms with Gasteiger partial charge in [-0.1, -0.05) is 24.3 Å². The highest BCUT2D eigenvalue weighted by molar-refractivity contribution is 5.73. The second kappa shape index (κ2) is 6.92. The number of hydrogen-bond acceptors (Lipinski definition) is 3. The van der Waals surface area contributed by atoms with Gasteiger partial charge in [-0.2, -0.15) is 0 Å². The summed E-state index contributed by atoms with van der Waals surface area (Å²) in [6.07, 6.45) is 1.91. The van der Waals surface area contributed by atoms with Gasteiger partial charge in [0.05, 0.1) is 5.69 Å². The van der Waals surface area contributed by atoms with Gasteiger partial charge in [0.25, 0.3) is 0 Å². The van der Waals surface area contributed by atoms with Crippen LogP contribution in [-0.4, -0.2) is 46.9 Å². The van der Waals surface area contributed by atoms with Crippen LogP contribution in [0.4, 0.5) is 0 Å². The summed E-state index contributed by atoms with van der Waals surface area (Å²) in [5.74, 6) is 0.178. The molecule has 2 heterocycles. The van der Waals surface area contributed by atoms with E-state index in [1.165, 1.54) is 11.1 Å². The van der Waals surface area contributed by atoms with Gasteiger partial charge in [0.1, 0.15) is 0 Å². The van der Waals surface area contributed by atoms with E-state index in [-0.39, 0.29) is 5.91 Å². The summed E-state index contributed by atoms with van der Waals surface area (Å²) < 4.78 is 0. The molecule has 1 amide bonds. The molecule has 1 aromatic heterocycles. The molecule has 120 valence electrons. The monoisotopic (exact) mass is 309 g/mol. The Bertz CT molecular complexity index is 673. The van der Waals surface area contributed by atoms with Crippen molar-refractivity contribution in [2.75, 3.05) is 26.2 Å². The van der Waals surface area contributed by atoms with Crippen molar-refractivity contribution in [2.24, 2.45) is 0 Å². The number of pyridine rings is 1. The molecule has 0 radical (unpaired) electrons. The van der Waals surface area contributed by atoms with Crippen LogP contribution in [0.25, 0.3) is 11.3 Å². The molecule has 3 rings (SSSR count). The summed E-state index contributed by atoms with van der Waals surface area (Å²) in [4.78, 5) is 20.2. The molecule has 1 aliphatic heterocycles. The Balaban J connectivity index is 1.66. The molecule has 0 aliphatic carbocycles.